The first-order valence-electron chi connectivity index (χ1n) is 8.04. The van der Waals surface area contributed by atoms with Gasteiger partial charge in [-0.25, -0.2) is 4.79 Å². The number of nitrogens with one attached hydrogen (secondary N) is 1. The van der Waals surface area contributed by atoms with Crippen molar-refractivity contribution in [1.29, 1.82) is 0 Å². The molecular weight excluding hydrogens is 306 g/mol. The molecule has 0 aliphatic heterocycles. The molecule has 2 aromatic rings. The molecule has 0 fully saturated rings. The Hall–Kier alpha value is -2.63. The number of benzene rings is 1. The predicted molar refractivity (Wildman–Crippen MR) is 90.9 cm³/mol. The zero-order valence-corrected chi connectivity index (χ0v) is 14.3. The maximum absolute atomic E-state index is 12.0. The van der Waals surface area contributed by atoms with Crippen LogP contribution in [0, 0.1) is 13.8 Å². The van der Waals surface area contributed by atoms with Crippen molar-refractivity contribution in [2.45, 2.75) is 46.7 Å². The van der Waals surface area contributed by atoms with Crippen LogP contribution in [0.5, 0.6) is 0 Å². The van der Waals surface area contributed by atoms with E-state index in [1.807, 2.05) is 25.5 Å². The van der Waals surface area contributed by atoms with E-state index in [-0.39, 0.29) is 11.5 Å². The highest BCUT2D eigenvalue weighted by Crippen LogP contribution is 2.13. The third-order valence-corrected chi connectivity index (χ3v) is 4.13. The van der Waals surface area contributed by atoms with Crippen LogP contribution in [0.25, 0.3) is 0 Å². The van der Waals surface area contributed by atoms with Gasteiger partial charge in [0.05, 0.1) is 11.3 Å². The molecule has 1 aromatic carbocycles. The summed E-state index contributed by atoms with van der Waals surface area (Å²) in [5, 5.41) is 16.2. The highest BCUT2D eigenvalue weighted by atomic mass is 16.4. The molecule has 2 N–H and O–H groups in total. The lowest BCUT2D eigenvalue weighted by molar-refractivity contribution is -0.121. The van der Waals surface area contributed by atoms with Crippen molar-refractivity contribution in [3.05, 3.63) is 52.3 Å². The van der Waals surface area contributed by atoms with E-state index in [0.717, 1.165) is 29.1 Å². The van der Waals surface area contributed by atoms with Crippen LogP contribution in [0.4, 0.5) is 0 Å². The van der Waals surface area contributed by atoms with E-state index in [9.17, 15) is 9.59 Å². The first-order valence-corrected chi connectivity index (χ1v) is 8.04. The zero-order valence-electron chi connectivity index (χ0n) is 14.3. The highest BCUT2D eigenvalue weighted by molar-refractivity contribution is 5.87. The van der Waals surface area contributed by atoms with Crippen molar-refractivity contribution < 1.29 is 14.7 Å². The number of aromatic nitrogens is 2. The van der Waals surface area contributed by atoms with Gasteiger partial charge in [0, 0.05) is 30.8 Å². The number of rotatable bonds is 7. The van der Waals surface area contributed by atoms with E-state index in [4.69, 9.17) is 5.11 Å². The lowest BCUT2D eigenvalue weighted by Crippen LogP contribution is -2.23. The summed E-state index contributed by atoms with van der Waals surface area (Å²) in [4.78, 5) is 22.8. The van der Waals surface area contributed by atoms with Crippen LogP contribution < -0.4 is 5.32 Å². The molecule has 0 saturated heterocycles. The molecule has 1 amide bonds. The van der Waals surface area contributed by atoms with Gasteiger partial charge in [0.15, 0.2) is 0 Å². The Balaban J connectivity index is 1.85. The van der Waals surface area contributed by atoms with Gasteiger partial charge in [0.25, 0.3) is 0 Å². The van der Waals surface area contributed by atoms with Gasteiger partial charge in [-0.2, -0.15) is 5.10 Å². The molecule has 0 atom stereocenters. The fourth-order valence-electron chi connectivity index (χ4n) is 2.64. The summed E-state index contributed by atoms with van der Waals surface area (Å²) in [6.45, 7) is 7.29. The molecule has 0 saturated carbocycles. The molecular formula is C18H23N3O3. The molecule has 1 heterocycles. The second-order valence-electron chi connectivity index (χ2n) is 5.74. The zero-order chi connectivity index (χ0) is 17.7. The maximum atomic E-state index is 12.0. The topological polar surface area (TPSA) is 84.2 Å². The summed E-state index contributed by atoms with van der Waals surface area (Å²) in [6.07, 6.45) is 0.949. The molecule has 24 heavy (non-hydrogen) atoms. The number of hydrogen-bond acceptors (Lipinski definition) is 3. The van der Waals surface area contributed by atoms with Crippen LogP contribution in [0.15, 0.2) is 24.3 Å². The average molecular weight is 329 g/mol. The quantitative estimate of drug-likeness (QED) is 0.817. The number of carboxylic acids is 1. The van der Waals surface area contributed by atoms with E-state index in [0.29, 0.717) is 19.4 Å². The van der Waals surface area contributed by atoms with Gasteiger partial charge in [-0.15, -0.1) is 0 Å². The van der Waals surface area contributed by atoms with Gasteiger partial charge in [-0.05, 0) is 44.9 Å². The van der Waals surface area contributed by atoms with E-state index < -0.39 is 5.97 Å². The minimum Gasteiger partial charge on any atom is -0.478 e. The lowest BCUT2D eigenvalue weighted by atomic mass is 10.1. The third-order valence-electron chi connectivity index (χ3n) is 4.13. The summed E-state index contributed by atoms with van der Waals surface area (Å²) in [6, 6.07) is 6.61. The Bertz CT molecular complexity index is 733. The summed E-state index contributed by atoms with van der Waals surface area (Å²) < 4.78 is 1.93. The van der Waals surface area contributed by atoms with Gasteiger partial charge >= 0.3 is 5.97 Å². The van der Waals surface area contributed by atoms with Crippen LogP contribution in [-0.4, -0.2) is 26.8 Å². The standard InChI is InChI=1S/C18H23N3O3/c1-4-21-13(3)16(12(2)20-21)11-19-17(22)10-7-14-5-8-15(9-6-14)18(23)24/h5-6,8-9H,4,7,10-11H2,1-3H3,(H,19,22)(H,23,24). The molecule has 0 unspecified atom stereocenters. The molecule has 128 valence electrons. The van der Waals surface area contributed by atoms with Crippen molar-refractivity contribution in [2.75, 3.05) is 0 Å². The van der Waals surface area contributed by atoms with Gasteiger partial charge in [-0.3, -0.25) is 9.48 Å². The fraction of sp³-hybridized carbons (Fsp3) is 0.389. The van der Waals surface area contributed by atoms with Crippen molar-refractivity contribution in [3.63, 3.8) is 0 Å². The van der Waals surface area contributed by atoms with Crippen LogP contribution >= 0.6 is 0 Å². The Kier molecular flexibility index (Phi) is 5.73. The monoisotopic (exact) mass is 329 g/mol. The Morgan fingerprint density at radius 1 is 1.21 bits per heavy atom. The molecule has 0 aliphatic rings. The number of carbonyl (C=O) groups excluding carboxylic acids is 1. The van der Waals surface area contributed by atoms with E-state index >= 15 is 0 Å². The second-order valence-corrected chi connectivity index (χ2v) is 5.74. The molecule has 0 spiro atoms. The van der Waals surface area contributed by atoms with E-state index in [1.54, 1.807) is 24.3 Å². The fourth-order valence-corrected chi connectivity index (χ4v) is 2.64. The van der Waals surface area contributed by atoms with Crippen molar-refractivity contribution in [1.82, 2.24) is 15.1 Å². The van der Waals surface area contributed by atoms with Crippen LogP contribution in [-0.2, 0) is 24.3 Å². The number of amides is 1. The van der Waals surface area contributed by atoms with Crippen LogP contribution in [0.2, 0.25) is 0 Å². The molecule has 2 rings (SSSR count). The van der Waals surface area contributed by atoms with Crippen molar-refractivity contribution in [2.24, 2.45) is 0 Å². The third kappa shape index (κ3) is 4.22. The largest absolute Gasteiger partial charge is 0.478 e. The van der Waals surface area contributed by atoms with Gasteiger partial charge < -0.3 is 10.4 Å². The Labute approximate surface area is 141 Å². The van der Waals surface area contributed by atoms with Crippen LogP contribution in [0.3, 0.4) is 0 Å². The molecule has 6 heteroatoms. The van der Waals surface area contributed by atoms with Crippen molar-refractivity contribution in [3.8, 4) is 0 Å². The first kappa shape index (κ1) is 17.7. The maximum Gasteiger partial charge on any atom is 0.335 e. The Morgan fingerprint density at radius 2 is 1.88 bits per heavy atom. The predicted octanol–water partition coefficient (Wildman–Crippen LogP) is 2.47. The number of aromatic carboxylic acids is 1. The average Bonchev–Trinajstić information content (AvgIpc) is 2.85. The number of nitrogens with zero attached hydrogens (tertiary/aromatic N) is 2. The SMILES string of the molecule is CCn1nc(C)c(CNC(=O)CCc2ccc(C(=O)O)cc2)c1C. The summed E-state index contributed by atoms with van der Waals surface area (Å²) in [5.74, 6) is -0.974. The normalized spacial score (nSPS) is 10.6. The smallest absolute Gasteiger partial charge is 0.335 e. The molecule has 1 aromatic heterocycles. The lowest BCUT2D eigenvalue weighted by Gasteiger charge is -2.07. The van der Waals surface area contributed by atoms with Crippen molar-refractivity contribution >= 4 is 11.9 Å². The summed E-state index contributed by atoms with van der Waals surface area (Å²) in [5.41, 5.74) is 4.29. The minimum atomic E-state index is -0.947. The highest BCUT2D eigenvalue weighted by Gasteiger charge is 2.11. The molecule has 0 aliphatic carbocycles. The summed E-state index contributed by atoms with van der Waals surface area (Å²) >= 11 is 0. The molecule has 0 radical (unpaired) electrons. The molecule has 6 nitrogen and oxygen atoms in total. The second kappa shape index (κ2) is 7.77. The van der Waals surface area contributed by atoms with Gasteiger partial charge in [0.1, 0.15) is 0 Å². The Morgan fingerprint density at radius 3 is 2.42 bits per heavy atom. The summed E-state index contributed by atoms with van der Waals surface area (Å²) in [7, 11) is 0. The number of carbonyl (C=O) groups is 2. The number of aryl methyl sites for hydroxylation is 3. The minimum absolute atomic E-state index is 0.0274. The first-order chi connectivity index (χ1) is 11.4. The molecule has 0 bridgehead atoms. The number of hydrogen-bond donors (Lipinski definition) is 2. The van der Waals surface area contributed by atoms with E-state index in [2.05, 4.69) is 10.4 Å². The van der Waals surface area contributed by atoms with Crippen LogP contribution in [0.1, 0.15) is 46.2 Å². The number of carboxylic acid groups (broad SMARTS) is 1. The van der Waals surface area contributed by atoms with Gasteiger partial charge in [-0.1, -0.05) is 12.1 Å². The van der Waals surface area contributed by atoms with E-state index in [1.165, 1.54) is 0 Å². The van der Waals surface area contributed by atoms with Gasteiger partial charge in [0.2, 0.25) is 5.91 Å².